The summed E-state index contributed by atoms with van der Waals surface area (Å²) in [6.45, 7) is 1.82. The Kier molecular flexibility index (Phi) is 5.95. The molecule has 1 unspecified atom stereocenters. The Bertz CT molecular complexity index is 698. The Hall–Kier alpha value is -1.93. The maximum absolute atomic E-state index is 12.7. The van der Waals surface area contributed by atoms with Gasteiger partial charge in [0.15, 0.2) is 5.13 Å². The highest BCUT2D eigenvalue weighted by atomic mass is 32.1. The minimum Gasteiger partial charge on any atom is -0.328 e. The third-order valence-corrected chi connectivity index (χ3v) is 4.17. The van der Waals surface area contributed by atoms with Crippen molar-refractivity contribution in [2.24, 2.45) is 5.73 Å². The molecule has 0 aliphatic carbocycles. The molecule has 4 nitrogen and oxygen atoms in total. The summed E-state index contributed by atoms with van der Waals surface area (Å²) in [5.41, 5.74) is 5.47. The zero-order valence-corrected chi connectivity index (χ0v) is 13.9. The van der Waals surface area contributed by atoms with Gasteiger partial charge in [-0.15, -0.1) is 11.3 Å². The number of nitrogens with one attached hydrogen (secondary N) is 1. The first-order valence-electron chi connectivity index (χ1n) is 7.40. The molecule has 0 spiro atoms. The highest BCUT2D eigenvalue weighted by molar-refractivity contribution is 7.15. The summed E-state index contributed by atoms with van der Waals surface area (Å²) in [4.78, 5) is 16.6. The van der Waals surface area contributed by atoms with Crippen LogP contribution in [0.15, 0.2) is 30.5 Å². The lowest BCUT2D eigenvalue weighted by Gasteiger charge is -2.07. The van der Waals surface area contributed by atoms with Crippen LogP contribution >= 0.6 is 11.3 Å². The van der Waals surface area contributed by atoms with E-state index in [0.717, 1.165) is 17.0 Å². The third kappa shape index (κ3) is 5.61. The van der Waals surface area contributed by atoms with E-state index in [2.05, 4.69) is 10.3 Å². The fourth-order valence-electron chi connectivity index (χ4n) is 2.05. The Morgan fingerprint density at radius 2 is 2.17 bits per heavy atom. The largest absolute Gasteiger partial charge is 0.416 e. The quantitative estimate of drug-likeness (QED) is 0.826. The van der Waals surface area contributed by atoms with E-state index in [-0.39, 0.29) is 11.9 Å². The Morgan fingerprint density at radius 1 is 1.42 bits per heavy atom. The minimum atomic E-state index is -4.36. The lowest BCUT2D eigenvalue weighted by atomic mass is 10.1. The van der Waals surface area contributed by atoms with Crippen molar-refractivity contribution in [3.63, 3.8) is 0 Å². The maximum Gasteiger partial charge on any atom is 0.416 e. The monoisotopic (exact) mass is 357 g/mol. The van der Waals surface area contributed by atoms with E-state index in [1.54, 1.807) is 12.3 Å². The predicted molar refractivity (Wildman–Crippen MR) is 87.9 cm³/mol. The van der Waals surface area contributed by atoms with E-state index in [1.807, 2.05) is 6.92 Å². The molecule has 24 heavy (non-hydrogen) atoms. The fourth-order valence-corrected chi connectivity index (χ4v) is 2.91. The van der Waals surface area contributed by atoms with Gasteiger partial charge in [-0.3, -0.25) is 4.79 Å². The van der Waals surface area contributed by atoms with Crippen molar-refractivity contribution in [1.82, 2.24) is 4.98 Å². The number of amides is 1. The highest BCUT2D eigenvalue weighted by Crippen LogP contribution is 2.30. The van der Waals surface area contributed by atoms with Crippen LogP contribution in [0.25, 0.3) is 0 Å². The van der Waals surface area contributed by atoms with Crippen molar-refractivity contribution in [3.05, 3.63) is 46.5 Å². The molecule has 1 aromatic heterocycles. The lowest BCUT2D eigenvalue weighted by molar-refractivity contribution is -0.137. The summed E-state index contributed by atoms with van der Waals surface area (Å²) in [6.07, 6.45) is -1.58. The molecule has 2 rings (SSSR count). The second kappa shape index (κ2) is 7.76. The topological polar surface area (TPSA) is 68.0 Å². The Morgan fingerprint density at radius 3 is 2.83 bits per heavy atom. The maximum atomic E-state index is 12.7. The molecule has 130 valence electrons. The van der Waals surface area contributed by atoms with Crippen LogP contribution in [0, 0.1) is 0 Å². The van der Waals surface area contributed by atoms with Crippen molar-refractivity contribution in [2.75, 3.05) is 5.32 Å². The fraction of sp³-hybridized carbons (Fsp3) is 0.375. The van der Waals surface area contributed by atoms with Gasteiger partial charge in [0.25, 0.3) is 0 Å². The van der Waals surface area contributed by atoms with Crippen LogP contribution in [0.2, 0.25) is 0 Å². The van der Waals surface area contributed by atoms with Gasteiger partial charge >= 0.3 is 6.18 Å². The number of rotatable bonds is 6. The summed E-state index contributed by atoms with van der Waals surface area (Å²) in [6, 6.07) is 5.13. The lowest BCUT2D eigenvalue weighted by Crippen LogP contribution is -2.19. The van der Waals surface area contributed by atoms with E-state index in [9.17, 15) is 18.0 Å². The van der Waals surface area contributed by atoms with Crippen LogP contribution in [0.3, 0.4) is 0 Å². The zero-order valence-electron chi connectivity index (χ0n) is 13.1. The van der Waals surface area contributed by atoms with E-state index in [0.29, 0.717) is 30.0 Å². The molecule has 1 atom stereocenters. The van der Waals surface area contributed by atoms with Gasteiger partial charge in [-0.1, -0.05) is 18.2 Å². The summed E-state index contributed by atoms with van der Waals surface area (Å²) in [5, 5.41) is 3.11. The summed E-state index contributed by atoms with van der Waals surface area (Å²) in [5.74, 6) is -0.174. The van der Waals surface area contributed by atoms with Crippen molar-refractivity contribution in [3.8, 4) is 0 Å². The molecule has 0 aliphatic heterocycles. The number of alkyl halides is 3. The first-order valence-corrected chi connectivity index (χ1v) is 8.22. The van der Waals surface area contributed by atoms with Crippen LogP contribution in [0.5, 0.6) is 0 Å². The number of nitrogens with zero attached hydrogens (tertiary/aromatic N) is 1. The van der Waals surface area contributed by atoms with Crippen LogP contribution in [0.4, 0.5) is 18.3 Å². The number of hydrogen-bond donors (Lipinski definition) is 2. The van der Waals surface area contributed by atoms with Gasteiger partial charge in [0, 0.05) is 30.0 Å². The molecule has 0 saturated heterocycles. The number of anilines is 1. The van der Waals surface area contributed by atoms with Crippen molar-refractivity contribution >= 4 is 22.4 Å². The van der Waals surface area contributed by atoms with E-state index in [4.69, 9.17) is 5.73 Å². The van der Waals surface area contributed by atoms with Gasteiger partial charge in [0.1, 0.15) is 0 Å². The molecule has 0 aliphatic rings. The molecule has 0 saturated carbocycles. The highest BCUT2D eigenvalue weighted by Gasteiger charge is 2.30. The molecule has 1 amide bonds. The van der Waals surface area contributed by atoms with Crippen LogP contribution < -0.4 is 11.1 Å². The van der Waals surface area contributed by atoms with Gasteiger partial charge in [-0.2, -0.15) is 13.2 Å². The number of benzene rings is 1. The molecule has 1 heterocycles. The molecule has 0 bridgehead atoms. The number of carbonyl (C=O) groups excluding carboxylic acids is 1. The van der Waals surface area contributed by atoms with Gasteiger partial charge in [0.05, 0.1) is 5.56 Å². The Balaban J connectivity index is 1.98. The molecule has 3 N–H and O–H groups in total. The van der Waals surface area contributed by atoms with Gasteiger partial charge < -0.3 is 11.1 Å². The number of nitrogens with two attached hydrogens (primary N) is 1. The SMILES string of the molecule is CC(N)CCC(=O)Nc1ncc(Cc2cccc(C(F)(F)F)c2)s1. The molecule has 0 radical (unpaired) electrons. The van der Waals surface area contributed by atoms with Crippen molar-refractivity contribution < 1.29 is 18.0 Å². The van der Waals surface area contributed by atoms with E-state index < -0.39 is 11.7 Å². The second-order valence-corrected chi connectivity index (χ2v) is 6.69. The molecule has 0 fully saturated rings. The van der Waals surface area contributed by atoms with Gasteiger partial charge in [-0.25, -0.2) is 4.98 Å². The van der Waals surface area contributed by atoms with Crippen LogP contribution in [-0.2, 0) is 17.4 Å². The first kappa shape index (κ1) is 18.4. The van der Waals surface area contributed by atoms with Crippen molar-refractivity contribution in [1.29, 1.82) is 0 Å². The van der Waals surface area contributed by atoms with Gasteiger partial charge in [0.2, 0.25) is 5.91 Å². The number of halogens is 3. The Labute approximate surface area is 141 Å². The predicted octanol–water partition coefficient (Wildman–Crippen LogP) is 3.82. The molecule has 8 heteroatoms. The minimum absolute atomic E-state index is 0.0523. The second-order valence-electron chi connectivity index (χ2n) is 5.57. The zero-order chi connectivity index (χ0) is 17.7. The van der Waals surface area contributed by atoms with E-state index >= 15 is 0 Å². The third-order valence-electron chi connectivity index (χ3n) is 3.26. The number of aromatic nitrogens is 1. The van der Waals surface area contributed by atoms with Crippen LogP contribution in [0.1, 0.15) is 35.8 Å². The van der Waals surface area contributed by atoms with Crippen LogP contribution in [-0.4, -0.2) is 16.9 Å². The summed E-state index contributed by atoms with van der Waals surface area (Å²) < 4.78 is 38.2. The van der Waals surface area contributed by atoms with Gasteiger partial charge in [-0.05, 0) is 25.0 Å². The molecular weight excluding hydrogens is 339 g/mol. The summed E-state index contributed by atoms with van der Waals surface area (Å²) >= 11 is 1.25. The molecular formula is C16H18F3N3OS. The molecule has 2 aromatic rings. The van der Waals surface area contributed by atoms with Crippen molar-refractivity contribution in [2.45, 2.75) is 38.4 Å². The number of hydrogen-bond acceptors (Lipinski definition) is 4. The average molecular weight is 357 g/mol. The standard InChI is InChI=1S/C16H18F3N3OS/c1-10(20)5-6-14(23)22-15-21-9-13(24-15)8-11-3-2-4-12(7-11)16(17,18)19/h2-4,7,9-10H,5-6,8,20H2,1H3,(H,21,22,23). The summed E-state index contributed by atoms with van der Waals surface area (Å²) in [7, 11) is 0. The smallest absolute Gasteiger partial charge is 0.328 e. The van der Waals surface area contributed by atoms with E-state index in [1.165, 1.54) is 17.4 Å². The number of carbonyl (C=O) groups is 1. The number of thiazole rings is 1. The average Bonchev–Trinajstić information content (AvgIpc) is 2.91. The first-order chi connectivity index (χ1) is 11.2. The molecule has 1 aromatic carbocycles. The normalized spacial score (nSPS) is 12.9.